The minimum absolute atomic E-state index is 0.0555. The molecule has 2 aromatic carbocycles. The van der Waals surface area contributed by atoms with E-state index in [9.17, 15) is 4.79 Å². The number of hydrogen-bond donors (Lipinski definition) is 1. The van der Waals surface area contributed by atoms with Crippen LogP contribution >= 0.6 is 0 Å². The first kappa shape index (κ1) is 17.3. The minimum Gasteiger partial charge on any atom is -0.497 e. The van der Waals surface area contributed by atoms with E-state index < -0.39 is 6.10 Å². The van der Waals surface area contributed by atoms with Crippen LogP contribution in [0.15, 0.2) is 48.5 Å². The highest BCUT2D eigenvalue weighted by atomic mass is 16.5. The monoisotopic (exact) mass is 339 g/mol. The summed E-state index contributed by atoms with van der Waals surface area (Å²) < 4.78 is 11.0. The van der Waals surface area contributed by atoms with E-state index in [0.29, 0.717) is 12.2 Å². The van der Waals surface area contributed by atoms with Gasteiger partial charge in [0, 0.05) is 0 Å². The van der Waals surface area contributed by atoms with E-state index in [2.05, 4.69) is 23.5 Å². The zero-order chi connectivity index (χ0) is 17.6. The lowest BCUT2D eigenvalue weighted by molar-refractivity contribution is -0.129. The Morgan fingerprint density at radius 3 is 2.60 bits per heavy atom. The fraction of sp³-hybridized carbons (Fsp3) is 0.381. The standard InChI is InChI=1S/C21H25NO3/c1-3-20(25-17-13-11-16(24-2)12-14-17)21(23)22-19-10-6-8-15-7-4-5-9-18(15)19/h4-5,7,9,11-14,19-20H,3,6,8,10H2,1-2H3,(H,22,23). The van der Waals surface area contributed by atoms with Gasteiger partial charge in [-0.1, -0.05) is 31.2 Å². The van der Waals surface area contributed by atoms with E-state index >= 15 is 0 Å². The van der Waals surface area contributed by atoms with Crippen molar-refractivity contribution in [2.45, 2.75) is 44.8 Å². The second-order valence-corrected chi connectivity index (χ2v) is 6.34. The summed E-state index contributed by atoms with van der Waals surface area (Å²) in [6, 6.07) is 15.7. The second kappa shape index (κ2) is 8.06. The van der Waals surface area contributed by atoms with Crippen LogP contribution in [-0.4, -0.2) is 19.1 Å². The highest BCUT2D eigenvalue weighted by Gasteiger charge is 2.25. The van der Waals surface area contributed by atoms with Gasteiger partial charge in [0.15, 0.2) is 6.10 Å². The van der Waals surface area contributed by atoms with Crippen LogP contribution in [0.5, 0.6) is 11.5 Å². The summed E-state index contributed by atoms with van der Waals surface area (Å²) in [6.45, 7) is 1.96. The molecule has 1 aliphatic carbocycles. The van der Waals surface area contributed by atoms with Crippen molar-refractivity contribution in [3.05, 3.63) is 59.7 Å². The first-order chi connectivity index (χ1) is 12.2. The van der Waals surface area contributed by atoms with Crippen LogP contribution in [0.25, 0.3) is 0 Å². The molecule has 1 amide bonds. The Bertz CT molecular complexity index is 711. The number of nitrogens with one attached hydrogen (secondary N) is 1. The maximum absolute atomic E-state index is 12.7. The third-order valence-corrected chi connectivity index (χ3v) is 4.69. The Hall–Kier alpha value is -2.49. The normalized spacial score (nSPS) is 17.3. The topological polar surface area (TPSA) is 47.6 Å². The van der Waals surface area contributed by atoms with Crippen molar-refractivity contribution in [1.29, 1.82) is 0 Å². The maximum atomic E-state index is 12.7. The zero-order valence-electron chi connectivity index (χ0n) is 14.8. The molecular weight excluding hydrogens is 314 g/mol. The molecule has 132 valence electrons. The Labute approximate surface area is 149 Å². The highest BCUT2D eigenvalue weighted by molar-refractivity contribution is 5.81. The van der Waals surface area contributed by atoms with E-state index in [0.717, 1.165) is 25.0 Å². The van der Waals surface area contributed by atoms with Crippen molar-refractivity contribution in [1.82, 2.24) is 5.32 Å². The molecule has 4 heteroatoms. The Kier molecular flexibility index (Phi) is 5.59. The molecule has 2 aromatic rings. The van der Waals surface area contributed by atoms with Gasteiger partial charge in [0.1, 0.15) is 11.5 Å². The van der Waals surface area contributed by atoms with Gasteiger partial charge < -0.3 is 14.8 Å². The fourth-order valence-electron chi connectivity index (χ4n) is 3.31. The molecule has 4 nitrogen and oxygen atoms in total. The van der Waals surface area contributed by atoms with Crippen molar-refractivity contribution in [2.75, 3.05) is 7.11 Å². The number of benzene rings is 2. The number of methoxy groups -OCH3 is 1. The van der Waals surface area contributed by atoms with E-state index in [1.54, 1.807) is 7.11 Å². The first-order valence-corrected chi connectivity index (χ1v) is 8.90. The van der Waals surface area contributed by atoms with Crippen molar-refractivity contribution in [3.8, 4) is 11.5 Å². The van der Waals surface area contributed by atoms with Gasteiger partial charge in [-0.15, -0.1) is 0 Å². The van der Waals surface area contributed by atoms with Gasteiger partial charge in [0.25, 0.3) is 5.91 Å². The summed E-state index contributed by atoms with van der Waals surface area (Å²) in [5, 5.41) is 3.18. The molecule has 0 aliphatic heterocycles. The molecule has 0 aromatic heterocycles. The zero-order valence-corrected chi connectivity index (χ0v) is 14.8. The molecule has 0 saturated heterocycles. The number of amides is 1. The number of carbonyl (C=O) groups excluding carboxylic acids is 1. The van der Waals surface area contributed by atoms with Gasteiger partial charge >= 0.3 is 0 Å². The summed E-state index contributed by atoms with van der Waals surface area (Å²) in [5.41, 5.74) is 2.57. The van der Waals surface area contributed by atoms with Crippen molar-refractivity contribution >= 4 is 5.91 Å². The number of fused-ring (bicyclic) bond motifs is 1. The lowest BCUT2D eigenvalue weighted by Gasteiger charge is -2.28. The summed E-state index contributed by atoms with van der Waals surface area (Å²) in [5.74, 6) is 1.38. The molecule has 0 saturated carbocycles. The lowest BCUT2D eigenvalue weighted by Crippen LogP contribution is -2.40. The van der Waals surface area contributed by atoms with Crippen LogP contribution < -0.4 is 14.8 Å². The fourth-order valence-corrected chi connectivity index (χ4v) is 3.31. The first-order valence-electron chi connectivity index (χ1n) is 8.90. The summed E-state index contributed by atoms with van der Waals surface area (Å²) >= 11 is 0. The lowest BCUT2D eigenvalue weighted by atomic mass is 9.87. The summed E-state index contributed by atoms with van der Waals surface area (Å²) in [4.78, 5) is 12.7. The minimum atomic E-state index is -0.498. The Balaban J connectivity index is 1.66. The average Bonchev–Trinajstić information content (AvgIpc) is 2.66. The molecule has 25 heavy (non-hydrogen) atoms. The summed E-state index contributed by atoms with van der Waals surface area (Å²) in [7, 11) is 1.63. The van der Waals surface area contributed by atoms with Gasteiger partial charge in [-0.2, -0.15) is 0 Å². The molecule has 0 heterocycles. The summed E-state index contributed by atoms with van der Waals surface area (Å²) in [6.07, 6.45) is 3.27. The van der Waals surface area contributed by atoms with Gasteiger partial charge in [-0.05, 0) is 61.1 Å². The predicted octanol–water partition coefficient (Wildman–Crippen LogP) is 4.05. The van der Waals surface area contributed by atoms with Crippen LogP contribution in [-0.2, 0) is 11.2 Å². The molecule has 1 N–H and O–H groups in total. The molecule has 2 unspecified atom stereocenters. The highest BCUT2D eigenvalue weighted by Crippen LogP contribution is 2.29. The van der Waals surface area contributed by atoms with Gasteiger partial charge in [-0.25, -0.2) is 0 Å². The van der Waals surface area contributed by atoms with Crippen LogP contribution in [0.2, 0.25) is 0 Å². The van der Waals surface area contributed by atoms with Crippen LogP contribution in [0.1, 0.15) is 43.4 Å². The molecule has 1 aliphatic rings. The van der Waals surface area contributed by atoms with Gasteiger partial charge in [0.2, 0.25) is 0 Å². The SMILES string of the molecule is CCC(Oc1ccc(OC)cc1)C(=O)NC1CCCc2ccccc21. The predicted molar refractivity (Wildman–Crippen MR) is 98.0 cm³/mol. The molecule has 3 rings (SSSR count). The molecule has 0 radical (unpaired) electrons. The van der Waals surface area contributed by atoms with Crippen molar-refractivity contribution < 1.29 is 14.3 Å². The number of hydrogen-bond acceptors (Lipinski definition) is 3. The number of aryl methyl sites for hydroxylation is 1. The third kappa shape index (κ3) is 4.13. The van der Waals surface area contributed by atoms with Crippen LogP contribution in [0.4, 0.5) is 0 Å². The average molecular weight is 339 g/mol. The molecule has 0 fully saturated rings. The molecule has 0 spiro atoms. The Morgan fingerprint density at radius 2 is 1.88 bits per heavy atom. The number of rotatable bonds is 6. The van der Waals surface area contributed by atoms with E-state index in [1.165, 1.54) is 11.1 Å². The van der Waals surface area contributed by atoms with Crippen molar-refractivity contribution in [2.24, 2.45) is 0 Å². The largest absolute Gasteiger partial charge is 0.497 e. The van der Waals surface area contributed by atoms with E-state index in [-0.39, 0.29) is 11.9 Å². The third-order valence-electron chi connectivity index (χ3n) is 4.69. The number of ether oxygens (including phenoxy) is 2. The molecular formula is C21H25NO3. The van der Waals surface area contributed by atoms with Gasteiger partial charge in [-0.3, -0.25) is 4.79 Å². The smallest absolute Gasteiger partial charge is 0.261 e. The maximum Gasteiger partial charge on any atom is 0.261 e. The Morgan fingerprint density at radius 1 is 1.16 bits per heavy atom. The van der Waals surface area contributed by atoms with Gasteiger partial charge in [0.05, 0.1) is 13.2 Å². The molecule has 0 bridgehead atoms. The number of carbonyl (C=O) groups is 1. The van der Waals surface area contributed by atoms with E-state index in [4.69, 9.17) is 9.47 Å². The molecule has 2 atom stereocenters. The van der Waals surface area contributed by atoms with Crippen molar-refractivity contribution in [3.63, 3.8) is 0 Å². The van der Waals surface area contributed by atoms with E-state index in [1.807, 2.05) is 37.3 Å². The quantitative estimate of drug-likeness (QED) is 0.864. The van der Waals surface area contributed by atoms with Crippen LogP contribution in [0, 0.1) is 0 Å². The second-order valence-electron chi connectivity index (χ2n) is 6.34. The van der Waals surface area contributed by atoms with Crippen LogP contribution in [0.3, 0.4) is 0 Å².